The molecule has 6 heteroatoms. The second-order valence-corrected chi connectivity index (χ2v) is 6.29. The standard InChI is InChI=1S/C14H18BFN2O2/c1-13(2)14(3,4)20-15(19-13)11-7-10(16)6-9-8-17-18(5)12(9)11/h6-8H,1-5H3. The molecule has 1 aliphatic rings. The molecule has 1 aromatic carbocycles. The Balaban J connectivity index is 2.14. The molecule has 1 aromatic heterocycles. The molecule has 1 aliphatic heterocycles. The van der Waals surface area contributed by atoms with Crippen LogP contribution in [0.1, 0.15) is 27.7 Å². The number of benzene rings is 1. The fourth-order valence-electron chi connectivity index (χ4n) is 2.47. The van der Waals surface area contributed by atoms with Gasteiger partial charge in [-0.1, -0.05) is 0 Å². The molecule has 2 heterocycles. The lowest BCUT2D eigenvalue weighted by atomic mass is 9.77. The van der Waals surface area contributed by atoms with Crippen molar-refractivity contribution in [3.05, 3.63) is 24.1 Å². The van der Waals surface area contributed by atoms with Gasteiger partial charge < -0.3 is 9.31 Å². The quantitative estimate of drug-likeness (QED) is 0.747. The highest BCUT2D eigenvalue weighted by Crippen LogP contribution is 2.37. The molecular weight excluding hydrogens is 258 g/mol. The second kappa shape index (κ2) is 4.05. The number of aryl methyl sites for hydroxylation is 1. The molecule has 106 valence electrons. The molecule has 0 amide bonds. The molecule has 0 bridgehead atoms. The van der Waals surface area contributed by atoms with Crippen LogP contribution in [0.2, 0.25) is 0 Å². The fourth-order valence-corrected chi connectivity index (χ4v) is 2.47. The summed E-state index contributed by atoms with van der Waals surface area (Å²) in [6.07, 6.45) is 1.65. The molecule has 20 heavy (non-hydrogen) atoms. The SMILES string of the molecule is Cn1ncc2cc(F)cc(B3OC(C)(C)C(C)(C)O3)c21. The Morgan fingerprint density at radius 1 is 1.15 bits per heavy atom. The van der Waals surface area contributed by atoms with Gasteiger partial charge in [-0.2, -0.15) is 5.10 Å². The minimum atomic E-state index is -0.589. The van der Waals surface area contributed by atoms with E-state index in [-0.39, 0.29) is 5.82 Å². The number of aromatic nitrogens is 2. The van der Waals surface area contributed by atoms with Crippen LogP contribution in [0.25, 0.3) is 10.9 Å². The van der Waals surface area contributed by atoms with Crippen molar-refractivity contribution in [2.24, 2.45) is 7.05 Å². The number of hydrogen-bond donors (Lipinski definition) is 0. The van der Waals surface area contributed by atoms with Gasteiger partial charge in [0.25, 0.3) is 0 Å². The minimum absolute atomic E-state index is 0.310. The van der Waals surface area contributed by atoms with Gasteiger partial charge in [-0.3, -0.25) is 4.68 Å². The van der Waals surface area contributed by atoms with E-state index in [9.17, 15) is 4.39 Å². The zero-order valence-corrected chi connectivity index (χ0v) is 12.4. The molecule has 0 radical (unpaired) electrons. The zero-order chi connectivity index (χ0) is 14.7. The van der Waals surface area contributed by atoms with Crippen molar-refractivity contribution in [2.45, 2.75) is 38.9 Å². The van der Waals surface area contributed by atoms with Crippen molar-refractivity contribution in [3.63, 3.8) is 0 Å². The van der Waals surface area contributed by atoms with Crippen molar-refractivity contribution in [3.8, 4) is 0 Å². The van der Waals surface area contributed by atoms with Crippen molar-refractivity contribution in [1.29, 1.82) is 0 Å². The lowest BCUT2D eigenvalue weighted by Crippen LogP contribution is -2.41. The maximum Gasteiger partial charge on any atom is 0.497 e. The number of hydrogen-bond acceptors (Lipinski definition) is 3. The Hall–Kier alpha value is -1.40. The summed E-state index contributed by atoms with van der Waals surface area (Å²) in [5.41, 5.74) is 0.618. The highest BCUT2D eigenvalue weighted by molar-refractivity contribution is 6.65. The molecule has 3 rings (SSSR count). The van der Waals surface area contributed by atoms with Gasteiger partial charge in [0.1, 0.15) is 5.82 Å². The van der Waals surface area contributed by atoms with Crippen LogP contribution in [-0.2, 0) is 16.4 Å². The van der Waals surface area contributed by atoms with Crippen LogP contribution in [-0.4, -0.2) is 28.1 Å². The third kappa shape index (κ3) is 1.86. The van der Waals surface area contributed by atoms with Crippen molar-refractivity contribution >= 4 is 23.5 Å². The predicted octanol–water partition coefficient (Wildman–Crippen LogP) is 2.01. The van der Waals surface area contributed by atoms with E-state index in [2.05, 4.69) is 5.10 Å². The molecule has 0 unspecified atom stereocenters. The molecule has 0 saturated carbocycles. The van der Waals surface area contributed by atoms with E-state index in [1.165, 1.54) is 12.1 Å². The third-order valence-corrected chi connectivity index (χ3v) is 4.33. The average molecular weight is 276 g/mol. The van der Waals surface area contributed by atoms with E-state index in [0.717, 1.165) is 10.9 Å². The summed E-state index contributed by atoms with van der Waals surface area (Å²) >= 11 is 0. The van der Waals surface area contributed by atoms with Crippen LogP contribution < -0.4 is 5.46 Å². The largest absolute Gasteiger partial charge is 0.497 e. The summed E-state index contributed by atoms with van der Waals surface area (Å²) in [4.78, 5) is 0. The van der Waals surface area contributed by atoms with E-state index in [4.69, 9.17) is 9.31 Å². The molecule has 1 saturated heterocycles. The monoisotopic (exact) mass is 276 g/mol. The topological polar surface area (TPSA) is 36.3 Å². The summed E-state index contributed by atoms with van der Waals surface area (Å²) in [7, 11) is 1.24. The van der Waals surface area contributed by atoms with Gasteiger partial charge in [-0.25, -0.2) is 4.39 Å². The van der Waals surface area contributed by atoms with Crippen LogP contribution in [0.3, 0.4) is 0 Å². The van der Waals surface area contributed by atoms with Gasteiger partial charge in [0.2, 0.25) is 0 Å². The van der Waals surface area contributed by atoms with E-state index in [1.54, 1.807) is 10.9 Å². The lowest BCUT2D eigenvalue weighted by molar-refractivity contribution is 0.00578. The Morgan fingerprint density at radius 3 is 2.35 bits per heavy atom. The smallest absolute Gasteiger partial charge is 0.399 e. The van der Waals surface area contributed by atoms with Crippen LogP contribution in [0.4, 0.5) is 4.39 Å². The maximum atomic E-state index is 13.8. The first-order valence-corrected chi connectivity index (χ1v) is 6.68. The normalized spacial score (nSPS) is 20.8. The molecule has 0 aliphatic carbocycles. The van der Waals surface area contributed by atoms with Crippen LogP contribution in [0.5, 0.6) is 0 Å². The summed E-state index contributed by atoms with van der Waals surface area (Å²) in [6, 6.07) is 2.93. The van der Waals surface area contributed by atoms with Crippen molar-refractivity contribution in [1.82, 2.24) is 9.78 Å². The van der Waals surface area contributed by atoms with Gasteiger partial charge in [0, 0.05) is 17.9 Å². The van der Waals surface area contributed by atoms with E-state index in [0.29, 0.717) is 5.46 Å². The minimum Gasteiger partial charge on any atom is -0.399 e. The van der Waals surface area contributed by atoms with Gasteiger partial charge >= 0.3 is 7.12 Å². The van der Waals surface area contributed by atoms with Crippen LogP contribution in [0, 0.1) is 5.82 Å². The third-order valence-electron chi connectivity index (χ3n) is 4.33. The summed E-state index contributed by atoms with van der Waals surface area (Å²) < 4.78 is 27.5. The first kappa shape index (κ1) is 13.6. The molecular formula is C14H18BFN2O2. The van der Waals surface area contributed by atoms with Crippen LogP contribution in [0.15, 0.2) is 18.3 Å². The Morgan fingerprint density at radius 2 is 1.75 bits per heavy atom. The highest BCUT2D eigenvalue weighted by Gasteiger charge is 2.52. The summed E-state index contributed by atoms with van der Waals surface area (Å²) in [5, 5.41) is 4.93. The maximum absolute atomic E-state index is 13.8. The fraction of sp³-hybridized carbons (Fsp3) is 0.500. The van der Waals surface area contributed by atoms with Gasteiger partial charge in [-0.05, 0) is 39.8 Å². The number of rotatable bonds is 1. The van der Waals surface area contributed by atoms with Gasteiger partial charge in [0.15, 0.2) is 0 Å². The Bertz CT molecular complexity index is 665. The molecule has 1 fully saturated rings. The Kier molecular flexibility index (Phi) is 2.75. The first-order chi connectivity index (χ1) is 9.21. The predicted molar refractivity (Wildman–Crippen MR) is 76.4 cm³/mol. The summed E-state index contributed by atoms with van der Waals surface area (Å²) in [6.45, 7) is 7.92. The molecule has 4 nitrogen and oxygen atoms in total. The number of halogens is 1. The van der Waals surface area contributed by atoms with Crippen molar-refractivity contribution < 1.29 is 13.7 Å². The average Bonchev–Trinajstić information content (AvgIpc) is 2.77. The van der Waals surface area contributed by atoms with Crippen molar-refractivity contribution in [2.75, 3.05) is 0 Å². The molecule has 0 atom stereocenters. The van der Waals surface area contributed by atoms with E-state index >= 15 is 0 Å². The lowest BCUT2D eigenvalue weighted by Gasteiger charge is -2.32. The molecule has 0 spiro atoms. The number of nitrogens with zero attached hydrogens (tertiary/aromatic N) is 2. The second-order valence-electron chi connectivity index (χ2n) is 6.29. The highest BCUT2D eigenvalue weighted by atomic mass is 19.1. The van der Waals surface area contributed by atoms with E-state index < -0.39 is 18.3 Å². The summed E-state index contributed by atoms with van der Waals surface area (Å²) in [5.74, 6) is -0.310. The number of fused-ring (bicyclic) bond motifs is 1. The van der Waals surface area contributed by atoms with E-state index in [1.807, 2.05) is 34.7 Å². The van der Waals surface area contributed by atoms with Gasteiger partial charge in [-0.15, -0.1) is 0 Å². The molecule has 0 N–H and O–H groups in total. The van der Waals surface area contributed by atoms with Gasteiger partial charge in [0.05, 0.1) is 22.9 Å². The zero-order valence-electron chi connectivity index (χ0n) is 12.4. The Labute approximate surface area is 118 Å². The van der Waals surface area contributed by atoms with Crippen LogP contribution >= 0.6 is 0 Å². The molecule has 2 aromatic rings. The first-order valence-electron chi connectivity index (χ1n) is 6.68.